The largest absolute Gasteiger partial charge is 0.481 e. The number of carbonyl (C=O) groups excluding carboxylic acids is 1. The molecule has 2 aliphatic heterocycles. The molecule has 0 aromatic carbocycles. The first-order chi connectivity index (χ1) is 10.9. The van der Waals surface area contributed by atoms with Crippen molar-refractivity contribution in [3.05, 3.63) is 11.7 Å². The number of carbonyl (C=O) groups is 2. The lowest BCUT2D eigenvalue weighted by Crippen LogP contribution is -2.55. The highest BCUT2D eigenvalue weighted by Gasteiger charge is 2.51. The van der Waals surface area contributed by atoms with Gasteiger partial charge < -0.3 is 14.9 Å². The van der Waals surface area contributed by atoms with Crippen LogP contribution in [0.5, 0.6) is 0 Å². The van der Waals surface area contributed by atoms with E-state index in [0.29, 0.717) is 44.2 Å². The third-order valence-electron chi connectivity index (χ3n) is 4.85. The van der Waals surface area contributed by atoms with Gasteiger partial charge in [0.1, 0.15) is 0 Å². The van der Waals surface area contributed by atoms with Gasteiger partial charge >= 0.3 is 5.97 Å². The Hall–Kier alpha value is -1.96. The molecule has 1 aromatic rings. The molecule has 1 amide bonds. The van der Waals surface area contributed by atoms with Gasteiger partial charge in [0.2, 0.25) is 11.8 Å². The summed E-state index contributed by atoms with van der Waals surface area (Å²) in [6.45, 7) is 5.97. The van der Waals surface area contributed by atoms with Crippen molar-refractivity contribution >= 4 is 11.9 Å². The molecule has 1 spiro atoms. The summed E-state index contributed by atoms with van der Waals surface area (Å²) < 4.78 is 5.26. The van der Waals surface area contributed by atoms with Crippen LogP contribution < -0.4 is 5.32 Å². The lowest BCUT2D eigenvalue weighted by atomic mass is 9.78. The number of aromatic nitrogens is 2. The number of hydrogen-bond acceptors (Lipinski definition) is 6. The first-order valence-electron chi connectivity index (χ1n) is 7.98. The van der Waals surface area contributed by atoms with E-state index in [1.165, 1.54) is 0 Å². The van der Waals surface area contributed by atoms with Crippen LogP contribution in [0.2, 0.25) is 0 Å². The highest BCUT2D eigenvalue weighted by molar-refractivity contribution is 5.88. The second kappa shape index (κ2) is 5.92. The fraction of sp³-hybridized carbons (Fsp3) is 0.733. The summed E-state index contributed by atoms with van der Waals surface area (Å²) in [7, 11) is 0. The van der Waals surface area contributed by atoms with Gasteiger partial charge in [-0.15, -0.1) is 0 Å². The summed E-state index contributed by atoms with van der Waals surface area (Å²) in [6, 6.07) is 0. The predicted molar refractivity (Wildman–Crippen MR) is 79.5 cm³/mol. The van der Waals surface area contributed by atoms with Crippen molar-refractivity contribution in [1.82, 2.24) is 20.4 Å². The van der Waals surface area contributed by atoms with Crippen molar-refractivity contribution in [3.63, 3.8) is 0 Å². The first kappa shape index (κ1) is 15.9. The van der Waals surface area contributed by atoms with Gasteiger partial charge in [-0.05, 0) is 12.8 Å². The molecule has 1 atom stereocenters. The minimum atomic E-state index is -0.893. The molecule has 2 aliphatic rings. The fourth-order valence-corrected chi connectivity index (χ4v) is 3.46. The second-order valence-electron chi connectivity index (χ2n) is 6.78. The maximum absolute atomic E-state index is 11.6. The Labute approximate surface area is 134 Å². The summed E-state index contributed by atoms with van der Waals surface area (Å²) >= 11 is 0. The topological polar surface area (TPSA) is 109 Å². The van der Waals surface area contributed by atoms with Crippen LogP contribution in [0.4, 0.5) is 0 Å². The van der Waals surface area contributed by atoms with Crippen molar-refractivity contribution in [2.45, 2.75) is 51.1 Å². The summed E-state index contributed by atoms with van der Waals surface area (Å²) in [5.41, 5.74) is -0.600. The van der Waals surface area contributed by atoms with Crippen molar-refractivity contribution < 1.29 is 19.2 Å². The fourth-order valence-electron chi connectivity index (χ4n) is 3.46. The normalized spacial score (nSPS) is 24.3. The molecular formula is C15H22N4O4. The molecule has 1 aromatic heterocycles. The third kappa shape index (κ3) is 3.08. The average molecular weight is 322 g/mol. The molecule has 8 heteroatoms. The van der Waals surface area contributed by atoms with E-state index in [2.05, 4.69) is 20.4 Å². The third-order valence-corrected chi connectivity index (χ3v) is 4.85. The van der Waals surface area contributed by atoms with Crippen LogP contribution in [0.1, 0.15) is 50.7 Å². The molecule has 3 heterocycles. The van der Waals surface area contributed by atoms with Crippen molar-refractivity contribution in [2.75, 3.05) is 13.1 Å². The predicted octanol–water partition coefficient (Wildman–Crippen LogP) is 0.748. The smallest absolute Gasteiger partial charge is 0.309 e. The van der Waals surface area contributed by atoms with Gasteiger partial charge in [-0.3, -0.25) is 14.5 Å². The molecule has 0 aliphatic carbocycles. The number of likely N-dealkylation sites (tertiary alicyclic amines) is 1. The maximum atomic E-state index is 11.6. The Kier molecular flexibility index (Phi) is 4.09. The SMILES string of the molecule is CC(C)c1noc(CN2CCC3(CC2)NC(=O)C[C@H]3C(=O)O)n1. The number of rotatable bonds is 4. The zero-order valence-electron chi connectivity index (χ0n) is 13.4. The number of piperidine rings is 1. The Morgan fingerprint density at radius 2 is 2.17 bits per heavy atom. The number of hydrogen-bond donors (Lipinski definition) is 2. The highest BCUT2D eigenvalue weighted by atomic mass is 16.5. The maximum Gasteiger partial charge on any atom is 0.309 e. The molecule has 0 unspecified atom stereocenters. The molecule has 126 valence electrons. The molecule has 0 radical (unpaired) electrons. The molecule has 0 bridgehead atoms. The van der Waals surface area contributed by atoms with E-state index in [1.807, 2.05) is 13.8 Å². The highest BCUT2D eigenvalue weighted by Crippen LogP contribution is 2.37. The van der Waals surface area contributed by atoms with E-state index < -0.39 is 17.4 Å². The van der Waals surface area contributed by atoms with Gasteiger partial charge in [0.05, 0.1) is 18.0 Å². The van der Waals surface area contributed by atoms with Crippen molar-refractivity contribution in [1.29, 1.82) is 0 Å². The van der Waals surface area contributed by atoms with E-state index >= 15 is 0 Å². The standard InChI is InChI=1S/C15H22N4O4/c1-9(2)13-16-12(23-18-13)8-19-5-3-15(4-6-19)10(14(21)22)7-11(20)17-15/h9-10H,3-8H2,1-2H3,(H,17,20)(H,21,22)/t10-/m0/s1. The Morgan fingerprint density at radius 3 is 2.74 bits per heavy atom. The summed E-state index contributed by atoms with van der Waals surface area (Å²) in [6.07, 6.45) is 1.33. The van der Waals surface area contributed by atoms with Gasteiger partial charge in [0.25, 0.3) is 0 Å². The zero-order valence-corrected chi connectivity index (χ0v) is 13.4. The van der Waals surface area contributed by atoms with Crippen molar-refractivity contribution in [3.8, 4) is 0 Å². The minimum absolute atomic E-state index is 0.0801. The van der Waals surface area contributed by atoms with Gasteiger partial charge in [-0.2, -0.15) is 4.98 Å². The van der Waals surface area contributed by atoms with Gasteiger partial charge in [-0.25, -0.2) is 0 Å². The van der Waals surface area contributed by atoms with Crippen molar-refractivity contribution in [2.24, 2.45) is 5.92 Å². The monoisotopic (exact) mass is 322 g/mol. The Balaban J connectivity index is 1.61. The van der Waals surface area contributed by atoms with E-state index in [-0.39, 0.29) is 18.2 Å². The molecule has 23 heavy (non-hydrogen) atoms. The summed E-state index contributed by atoms with van der Waals surface area (Å²) in [4.78, 5) is 29.6. The quantitative estimate of drug-likeness (QED) is 0.842. The molecule has 0 saturated carbocycles. The number of nitrogens with zero attached hydrogens (tertiary/aromatic N) is 3. The molecule has 3 rings (SSSR count). The van der Waals surface area contributed by atoms with Crippen LogP contribution in [0.25, 0.3) is 0 Å². The zero-order chi connectivity index (χ0) is 16.6. The van der Waals surface area contributed by atoms with E-state index in [0.717, 1.165) is 0 Å². The summed E-state index contributed by atoms with van der Waals surface area (Å²) in [5.74, 6) is -0.188. The lowest BCUT2D eigenvalue weighted by Gasteiger charge is -2.41. The van der Waals surface area contributed by atoms with E-state index in [9.17, 15) is 14.7 Å². The molecule has 2 saturated heterocycles. The lowest BCUT2D eigenvalue weighted by molar-refractivity contribution is -0.144. The van der Waals surface area contributed by atoms with Crippen LogP contribution >= 0.6 is 0 Å². The van der Waals surface area contributed by atoms with E-state index in [1.54, 1.807) is 0 Å². The van der Waals surface area contributed by atoms with Crippen LogP contribution in [-0.4, -0.2) is 50.7 Å². The Morgan fingerprint density at radius 1 is 1.48 bits per heavy atom. The minimum Gasteiger partial charge on any atom is -0.481 e. The second-order valence-corrected chi connectivity index (χ2v) is 6.78. The van der Waals surface area contributed by atoms with Crippen LogP contribution in [0, 0.1) is 5.92 Å². The van der Waals surface area contributed by atoms with Crippen LogP contribution in [0.3, 0.4) is 0 Å². The molecular weight excluding hydrogens is 300 g/mol. The van der Waals surface area contributed by atoms with Crippen LogP contribution in [-0.2, 0) is 16.1 Å². The Bertz CT molecular complexity index is 604. The number of carboxylic acid groups (broad SMARTS) is 1. The van der Waals surface area contributed by atoms with Gasteiger partial charge in [0.15, 0.2) is 5.82 Å². The number of aliphatic carboxylic acids is 1. The molecule has 2 fully saturated rings. The average Bonchev–Trinajstić information content (AvgIpc) is 3.07. The number of nitrogens with one attached hydrogen (secondary N) is 1. The first-order valence-corrected chi connectivity index (χ1v) is 7.98. The summed E-state index contributed by atoms with van der Waals surface area (Å²) in [5, 5.41) is 16.2. The molecule has 8 nitrogen and oxygen atoms in total. The van der Waals surface area contributed by atoms with Gasteiger partial charge in [-0.1, -0.05) is 19.0 Å². The van der Waals surface area contributed by atoms with Gasteiger partial charge in [0, 0.05) is 25.4 Å². The number of carboxylic acids is 1. The van der Waals surface area contributed by atoms with Crippen LogP contribution in [0.15, 0.2) is 4.52 Å². The number of amides is 1. The van der Waals surface area contributed by atoms with E-state index in [4.69, 9.17) is 4.52 Å². The molecule has 2 N–H and O–H groups in total.